The lowest BCUT2D eigenvalue weighted by molar-refractivity contribution is 0.364. The zero-order valence-corrected chi connectivity index (χ0v) is 29.0. The summed E-state index contributed by atoms with van der Waals surface area (Å²) in [4.78, 5) is 32.8. The monoisotopic (exact) mass is 758 g/mol. The largest absolute Gasteiger partial charge is 0.507 e. The van der Waals surface area contributed by atoms with Gasteiger partial charge >= 0.3 is 0 Å². The van der Waals surface area contributed by atoms with Crippen LogP contribution < -0.4 is 33.2 Å². The number of nitrogens with zero attached hydrogens (tertiary/aromatic N) is 4. The third-order valence-electron chi connectivity index (χ3n) is 7.71. The Morgan fingerprint density at radius 2 is 1.22 bits per heavy atom. The Balaban J connectivity index is 0.000000198. The van der Waals surface area contributed by atoms with E-state index in [0.29, 0.717) is 22.5 Å². The van der Waals surface area contributed by atoms with E-state index in [4.69, 9.17) is 11.5 Å². The van der Waals surface area contributed by atoms with Crippen molar-refractivity contribution in [1.82, 2.24) is 29.7 Å². The van der Waals surface area contributed by atoms with Crippen LogP contribution in [-0.2, 0) is 0 Å². The number of nitrogens with two attached hydrogens (primary N) is 2. The van der Waals surface area contributed by atoms with Crippen molar-refractivity contribution in [2.45, 2.75) is 51.6 Å². The fourth-order valence-corrected chi connectivity index (χ4v) is 6.15. The minimum atomic E-state index is -0.285. The minimum absolute atomic E-state index is 0.0506. The number of phenols is 2. The van der Waals surface area contributed by atoms with Crippen LogP contribution in [-0.4, -0.2) is 55.5 Å². The van der Waals surface area contributed by atoms with Gasteiger partial charge in [-0.15, -0.1) is 0 Å². The Labute approximate surface area is 284 Å². The fourth-order valence-electron chi connectivity index (χ4n) is 5.44. The highest BCUT2D eigenvalue weighted by Crippen LogP contribution is 2.32. The molecule has 2 aliphatic rings. The molecule has 246 valence electrons. The number of benzene rings is 2. The molecule has 4 heterocycles. The number of aromatic nitrogens is 4. The van der Waals surface area contributed by atoms with Crippen molar-refractivity contribution in [3.05, 3.63) is 78.4 Å². The first-order valence-corrected chi connectivity index (χ1v) is 16.9. The number of anilines is 2. The predicted octanol–water partition coefficient (Wildman–Crippen LogP) is 4.80. The molecule has 0 aliphatic carbocycles. The van der Waals surface area contributed by atoms with Crippen molar-refractivity contribution in [1.29, 1.82) is 0 Å². The van der Waals surface area contributed by atoms with Gasteiger partial charge in [0.05, 0.1) is 11.4 Å². The Bertz CT molecular complexity index is 1770. The molecule has 2 aromatic heterocycles. The molecular weight excluding hydrogens is 720 g/mol. The molecule has 2 fully saturated rings. The van der Waals surface area contributed by atoms with E-state index in [9.17, 15) is 19.8 Å². The van der Waals surface area contributed by atoms with Gasteiger partial charge in [0.25, 0.3) is 11.1 Å². The lowest BCUT2D eigenvalue weighted by Gasteiger charge is -2.25. The van der Waals surface area contributed by atoms with Crippen molar-refractivity contribution < 1.29 is 10.2 Å². The van der Waals surface area contributed by atoms with E-state index < -0.39 is 0 Å². The van der Waals surface area contributed by atoms with Crippen LogP contribution in [0.2, 0.25) is 0 Å². The van der Waals surface area contributed by atoms with E-state index in [1.165, 1.54) is 0 Å². The zero-order chi connectivity index (χ0) is 33.4. The third-order valence-corrected chi connectivity index (χ3v) is 8.70. The number of hydrogen-bond donors (Lipinski definition) is 6. The number of nitrogens with one attached hydrogen (secondary N) is 2. The number of rotatable bonds is 4. The molecule has 2 atom stereocenters. The summed E-state index contributed by atoms with van der Waals surface area (Å²) in [6.45, 7) is 7.39. The van der Waals surface area contributed by atoms with Crippen molar-refractivity contribution in [2.24, 2.45) is 0 Å². The summed E-state index contributed by atoms with van der Waals surface area (Å²) in [6.07, 6.45) is 7.22. The van der Waals surface area contributed by atoms with Gasteiger partial charge < -0.3 is 41.4 Å². The molecule has 2 aliphatic heterocycles. The summed E-state index contributed by atoms with van der Waals surface area (Å²) in [5.74, 6) is 0.0863. The second kappa shape index (κ2) is 16.2. The number of halogens is 2. The maximum absolute atomic E-state index is 12.3. The van der Waals surface area contributed by atoms with Gasteiger partial charge in [-0.3, -0.25) is 9.59 Å². The zero-order valence-electron chi connectivity index (χ0n) is 25.8. The Hall–Kier alpha value is -3.72. The molecule has 6 rings (SSSR count). The van der Waals surface area contributed by atoms with Gasteiger partial charge in [0.15, 0.2) is 11.6 Å². The number of phenolic OH excluding ortho intramolecular Hbond substituents is 2. The van der Waals surface area contributed by atoms with Gasteiger partial charge in [-0.25, -0.2) is 9.97 Å². The lowest BCUT2D eigenvalue weighted by Crippen LogP contribution is -2.37. The summed E-state index contributed by atoms with van der Waals surface area (Å²) in [5.41, 5.74) is 13.1. The summed E-state index contributed by atoms with van der Waals surface area (Å²) < 4.78 is 4.85. The fraction of sp³-hybridized carbons (Fsp3) is 0.375. The first-order valence-electron chi connectivity index (χ1n) is 15.3. The molecule has 0 radical (unpaired) electrons. The summed E-state index contributed by atoms with van der Waals surface area (Å²) in [5, 5.41) is 26.7. The highest BCUT2D eigenvalue weighted by atomic mass is 79.9. The second-order valence-corrected chi connectivity index (χ2v) is 12.6. The van der Waals surface area contributed by atoms with Crippen LogP contribution in [0.1, 0.15) is 51.6 Å². The van der Waals surface area contributed by atoms with E-state index in [-0.39, 0.29) is 46.3 Å². The molecule has 0 bridgehead atoms. The Morgan fingerprint density at radius 3 is 1.70 bits per heavy atom. The maximum atomic E-state index is 12.3. The van der Waals surface area contributed by atoms with E-state index in [0.717, 1.165) is 60.8 Å². The number of aromatic hydroxyl groups is 2. The van der Waals surface area contributed by atoms with Crippen molar-refractivity contribution >= 4 is 43.5 Å². The van der Waals surface area contributed by atoms with Crippen LogP contribution in [0.15, 0.2) is 67.3 Å². The molecule has 12 nitrogen and oxygen atoms in total. The number of hydrogen-bond acceptors (Lipinski definition) is 10. The second-order valence-electron chi connectivity index (χ2n) is 10.8. The summed E-state index contributed by atoms with van der Waals surface area (Å²) in [6, 6.07) is 10.3. The standard InChI is InChI=1S/2C15H17BrN4O2.C2H6/c16-9-3-4-13(21)11(6-9)12-8-20(15(22)14(17)19-12)10-2-1-5-18-7-10;16-9-3-4-11(13(21)6-9)12-8-20(15(22)14(17)19-12)10-2-1-5-18-7-10;1-2/h2*3-4,6,8,10,18,21H,1-2,5,7H2,(H2,17,19);1-2H3. The highest BCUT2D eigenvalue weighted by molar-refractivity contribution is 9.10. The predicted molar refractivity (Wildman–Crippen MR) is 189 cm³/mol. The molecule has 46 heavy (non-hydrogen) atoms. The highest BCUT2D eigenvalue weighted by Gasteiger charge is 2.21. The topological polar surface area (TPSA) is 186 Å². The smallest absolute Gasteiger partial charge is 0.293 e. The van der Waals surface area contributed by atoms with Crippen LogP contribution in [0.5, 0.6) is 11.5 Å². The molecular formula is C32H40Br2N8O4. The molecule has 14 heteroatoms. The maximum Gasteiger partial charge on any atom is 0.293 e. The molecule has 2 saturated heterocycles. The average molecular weight is 761 g/mol. The van der Waals surface area contributed by atoms with Gasteiger partial charge in [0.2, 0.25) is 0 Å². The molecule has 0 amide bonds. The summed E-state index contributed by atoms with van der Waals surface area (Å²) in [7, 11) is 0. The molecule has 4 aromatic rings. The third kappa shape index (κ3) is 8.35. The van der Waals surface area contributed by atoms with Crippen LogP contribution >= 0.6 is 31.9 Å². The van der Waals surface area contributed by atoms with Crippen LogP contribution in [0.3, 0.4) is 0 Å². The van der Waals surface area contributed by atoms with E-state index in [2.05, 4.69) is 52.5 Å². The first kappa shape index (κ1) is 35.1. The Kier molecular flexibility index (Phi) is 12.4. The van der Waals surface area contributed by atoms with Gasteiger partial charge in [-0.2, -0.15) is 0 Å². The molecule has 0 saturated carbocycles. The van der Waals surface area contributed by atoms with Gasteiger partial charge in [-0.1, -0.05) is 45.7 Å². The van der Waals surface area contributed by atoms with E-state index >= 15 is 0 Å². The lowest BCUT2D eigenvalue weighted by atomic mass is 10.1. The SMILES string of the molecule is CC.Nc1nc(-c2cc(Br)ccc2O)cn(C2CCCNC2)c1=O.Nc1nc(-c2ccc(Br)cc2O)cn(C2CCCNC2)c1=O. The van der Waals surface area contributed by atoms with E-state index in [1.54, 1.807) is 51.9 Å². The summed E-state index contributed by atoms with van der Waals surface area (Å²) >= 11 is 6.68. The minimum Gasteiger partial charge on any atom is -0.507 e. The number of nitrogen functional groups attached to an aromatic ring is 2. The molecule has 0 spiro atoms. The molecule has 8 N–H and O–H groups in total. The Morgan fingerprint density at radius 1 is 0.739 bits per heavy atom. The van der Waals surface area contributed by atoms with Crippen LogP contribution in [0, 0.1) is 0 Å². The quantitative estimate of drug-likeness (QED) is 0.169. The molecule has 2 unspecified atom stereocenters. The normalized spacial score (nSPS) is 17.7. The van der Waals surface area contributed by atoms with Crippen molar-refractivity contribution in [2.75, 3.05) is 37.6 Å². The van der Waals surface area contributed by atoms with Crippen molar-refractivity contribution in [3.63, 3.8) is 0 Å². The van der Waals surface area contributed by atoms with Gasteiger partial charge in [0, 0.05) is 57.6 Å². The van der Waals surface area contributed by atoms with Gasteiger partial charge in [0.1, 0.15) is 11.5 Å². The molecule has 2 aromatic carbocycles. The van der Waals surface area contributed by atoms with Crippen molar-refractivity contribution in [3.8, 4) is 34.0 Å². The van der Waals surface area contributed by atoms with Crippen LogP contribution in [0.25, 0.3) is 22.5 Å². The average Bonchev–Trinajstić information content (AvgIpc) is 3.07. The van der Waals surface area contributed by atoms with E-state index in [1.807, 2.05) is 19.9 Å². The number of piperidine rings is 2. The first-order chi connectivity index (χ1) is 22.1. The van der Waals surface area contributed by atoms with Gasteiger partial charge in [-0.05, 0) is 75.2 Å². The van der Waals surface area contributed by atoms with Crippen LogP contribution in [0.4, 0.5) is 11.6 Å².